The Labute approximate surface area is 166 Å². The smallest absolute Gasteiger partial charge is 0.234 e. The molecular formula is C22H27N3O3. The van der Waals surface area contributed by atoms with Crippen molar-refractivity contribution < 1.29 is 14.3 Å². The first-order chi connectivity index (χ1) is 13.7. The van der Waals surface area contributed by atoms with E-state index in [0.717, 1.165) is 37.7 Å². The normalized spacial score (nSPS) is 19.3. The Bertz CT molecular complexity index is 818. The molecule has 4 rings (SSSR count). The molecule has 148 valence electrons. The van der Waals surface area contributed by atoms with E-state index >= 15 is 0 Å². The zero-order valence-electron chi connectivity index (χ0n) is 16.3. The Hall–Kier alpha value is -2.73. The van der Waals surface area contributed by atoms with Gasteiger partial charge in [0.1, 0.15) is 12.7 Å². The average molecular weight is 381 g/mol. The molecule has 0 bridgehead atoms. The second kappa shape index (κ2) is 8.52. The van der Waals surface area contributed by atoms with Crippen molar-refractivity contribution in [2.24, 2.45) is 0 Å². The lowest BCUT2D eigenvalue weighted by molar-refractivity contribution is -0.122. The fourth-order valence-corrected chi connectivity index (χ4v) is 3.72. The van der Waals surface area contributed by atoms with Crippen molar-refractivity contribution in [1.29, 1.82) is 0 Å². The molecule has 6 heteroatoms. The number of para-hydroxylation sites is 3. The summed E-state index contributed by atoms with van der Waals surface area (Å²) in [6.07, 6.45) is -0.156. The molecule has 2 heterocycles. The quantitative estimate of drug-likeness (QED) is 0.859. The number of piperazine rings is 1. The minimum atomic E-state index is -0.156. The summed E-state index contributed by atoms with van der Waals surface area (Å²) < 4.78 is 11.6. The highest BCUT2D eigenvalue weighted by atomic mass is 16.6. The van der Waals surface area contributed by atoms with Gasteiger partial charge in [0.15, 0.2) is 11.5 Å². The molecular weight excluding hydrogens is 354 g/mol. The Morgan fingerprint density at radius 1 is 1.04 bits per heavy atom. The third-order valence-electron chi connectivity index (χ3n) is 5.29. The van der Waals surface area contributed by atoms with E-state index in [9.17, 15) is 4.79 Å². The predicted molar refractivity (Wildman–Crippen MR) is 109 cm³/mol. The summed E-state index contributed by atoms with van der Waals surface area (Å²) in [5.41, 5.74) is 2.59. The number of carbonyl (C=O) groups excluding carboxylic acids is 1. The van der Waals surface area contributed by atoms with Gasteiger partial charge in [-0.1, -0.05) is 30.3 Å². The highest BCUT2D eigenvalue weighted by molar-refractivity contribution is 5.78. The fraction of sp³-hybridized carbons (Fsp3) is 0.409. The van der Waals surface area contributed by atoms with Crippen LogP contribution in [0.1, 0.15) is 5.56 Å². The third-order valence-corrected chi connectivity index (χ3v) is 5.29. The van der Waals surface area contributed by atoms with Crippen LogP contribution in [0, 0.1) is 6.92 Å². The van der Waals surface area contributed by atoms with Crippen LogP contribution in [-0.2, 0) is 4.79 Å². The maximum absolute atomic E-state index is 12.3. The minimum Gasteiger partial charge on any atom is -0.486 e. The number of benzene rings is 2. The molecule has 2 aromatic carbocycles. The van der Waals surface area contributed by atoms with E-state index < -0.39 is 0 Å². The number of hydrogen-bond acceptors (Lipinski definition) is 5. The van der Waals surface area contributed by atoms with Crippen LogP contribution in [0.15, 0.2) is 48.5 Å². The summed E-state index contributed by atoms with van der Waals surface area (Å²) in [5, 5.41) is 2.98. The van der Waals surface area contributed by atoms with Gasteiger partial charge < -0.3 is 19.7 Å². The molecule has 0 radical (unpaired) electrons. The number of aryl methyl sites for hydroxylation is 1. The number of fused-ring (bicyclic) bond motifs is 1. The zero-order chi connectivity index (χ0) is 19.3. The Morgan fingerprint density at radius 2 is 1.75 bits per heavy atom. The largest absolute Gasteiger partial charge is 0.486 e. The monoisotopic (exact) mass is 381 g/mol. The van der Waals surface area contributed by atoms with Crippen LogP contribution in [0.3, 0.4) is 0 Å². The fourth-order valence-electron chi connectivity index (χ4n) is 3.72. The molecule has 1 amide bonds. The van der Waals surface area contributed by atoms with Gasteiger partial charge in [0.25, 0.3) is 0 Å². The first-order valence-corrected chi connectivity index (χ1v) is 9.87. The molecule has 0 saturated carbocycles. The first kappa shape index (κ1) is 18.6. The molecule has 2 aliphatic heterocycles. The second-order valence-corrected chi connectivity index (χ2v) is 7.35. The predicted octanol–water partition coefficient (Wildman–Crippen LogP) is 2.07. The van der Waals surface area contributed by atoms with Crippen LogP contribution < -0.4 is 19.7 Å². The standard InChI is InChI=1S/C22H27N3O3/c1-17-6-2-3-7-19(17)25-12-10-24(11-13-25)15-22(26)23-14-18-16-27-20-8-4-5-9-21(20)28-18/h2-9,18H,10-16H2,1H3,(H,23,26)/t18-/m0/s1. The summed E-state index contributed by atoms with van der Waals surface area (Å²) in [6, 6.07) is 16.1. The van der Waals surface area contributed by atoms with Crippen LogP contribution in [0.2, 0.25) is 0 Å². The van der Waals surface area contributed by atoms with Gasteiger partial charge in [-0.2, -0.15) is 0 Å². The number of ether oxygens (including phenoxy) is 2. The van der Waals surface area contributed by atoms with Gasteiger partial charge in [0, 0.05) is 31.9 Å². The summed E-state index contributed by atoms with van der Waals surface area (Å²) in [6.45, 7) is 7.12. The van der Waals surface area contributed by atoms with Crippen LogP contribution in [0.5, 0.6) is 11.5 Å². The van der Waals surface area contributed by atoms with Crippen LogP contribution in [-0.4, -0.2) is 62.8 Å². The van der Waals surface area contributed by atoms with E-state index in [4.69, 9.17) is 9.47 Å². The Kier molecular flexibility index (Phi) is 5.67. The topological polar surface area (TPSA) is 54.0 Å². The number of amides is 1. The number of rotatable bonds is 5. The molecule has 1 fully saturated rings. The summed E-state index contributed by atoms with van der Waals surface area (Å²) in [7, 11) is 0. The molecule has 1 saturated heterocycles. The van der Waals surface area contributed by atoms with E-state index in [1.165, 1.54) is 11.3 Å². The van der Waals surface area contributed by atoms with Gasteiger partial charge in [-0.25, -0.2) is 0 Å². The molecule has 1 atom stereocenters. The maximum atomic E-state index is 12.3. The molecule has 1 N–H and O–H groups in total. The van der Waals surface area contributed by atoms with Crippen molar-refractivity contribution in [3.8, 4) is 11.5 Å². The van der Waals surface area contributed by atoms with E-state index in [1.807, 2.05) is 24.3 Å². The van der Waals surface area contributed by atoms with E-state index in [1.54, 1.807) is 0 Å². The molecule has 2 aromatic rings. The number of hydrogen-bond donors (Lipinski definition) is 1. The van der Waals surface area contributed by atoms with E-state index in [-0.39, 0.29) is 12.0 Å². The maximum Gasteiger partial charge on any atom is 0.234 e. The minimum absolute atomic E-state index is 0.0341. The van der Waals surface area contributed by atoms with Gasteiger partial charge in [-0.3, -0.25) is 9.69 Å². The van der Waals surface area contributed by atoms with Gasteiger partial charge in [-0.05, 0) is 30.7 Å². The average Bonchev–Trinajstić information content (AvgIpc) is 2.73. The number of carbonyl (C=O) groups is 1. The third kappa shape index (κ3) is 4.39. The summed E-state index contributed by atoms with van der Waals surface area (Å²) >= 11 is 0. The Balaban J connectivity index is 1.20. The first-order valence-electron chi connectivity index (χ1n) is 9.87. The van der Waals surface area contributed by atoms with Gasteiger partial charge in [0.2, 0.25) is 5.91 Å². The van der Waals surface area contributed by atoms with Crippen molar-refractivity contribution in [2.75, 3.05) is 50.8 Å². The molecule has 0 aliphatic carbocycles. The molecule has 28 heavy (non-hydrogen) atoms. The van der Waals surface area contributed by atoms with E-state index in [0.29, 0.717) is 19.7 Å². The SMILES string of the molecule is Cc1ccccc1N1CCN(CC(=O)NC[C@H]2COc3ccccc3O2)CC1. The van der Waals surface area contributed by atoms with Crippen molar-refractivity contribution in [2.45, 2.75) is 13.0 Å². The van der Waals surface area contributed by atoms with Crippen LogP contribution in [0.4, 0.5) is 5.69 Å². The van der Waals surface area contributed by atoms with Gasteiger partial charge in [0.05, 0.1) is 13.1 Å². The van der Waals surface area contributed by atoms with Crippen LogP contribution >= 0.6 is 0 Å². The number of anilines is 1. The molecule has 0 spiro atoms. The summed E-state index contributed by atoms with van der Waals surface area (Å²) in [5.74, 6) is 1.53. The Morgan fingerprint density at radius 3 is 2.54 bits per heavy atom. The zero-order valence-corrected chi connectivity index (χ0v) is 16.3. The molecule has 6 nitrogen and oxygen atoms in total. The van der Waals surface area contributed by atoms with Crippen LogP contribution in [0.25, 0.3) is 0 Å². The summed E-state index contributed by atoms with van der Waals surface area (Å²) in [4.78, 5) is 16.9. The number of nitrogens with one attached hydrogen (secondary N) is 1. The second-order valence-electron chi connectivity index (χ2n) is 7.35. The molecule has 0 aromatic heterocycles. The lowest BCUT2D eigenvalue weighted by atomic mass is 10.1. The van der Waals surface area contributed by atoms with Crippen molar-refractivity contribution >= 4 is 11.6 Å². The highest BCUT2D eigenvalue weighted by Gasteiger charge is 2.23. The van der Waals surface area contributed by atoms with Crippen molar-refractivity contribution in [3.05, 3.63) is 54.1 Å². The van der Waals surface area contributed by atoms with Gasteiger partial charge in [-0.15, -0.1) is 0 Å². The number of nitrogens with zero attached hydrogens (tertiary/aromatic N) is 2. The molecule has 2 aliphatic rings. The van der Waals surface area contributed by atoms with Crippen molar-refractivity contribution in [1.82, 2.24) is 10.2 Å². The van der Waals surface area contributed by atoms with Crippen molar-refractivity contribution in [3.63, 3.8) is 0 Å². The highest BCUT2D eigenvalue weighted by Crippen LogP contribution is 2.30. The molecule has 0 unspecified atom stereocenters. The lowest BCUT2D eigenvalue weighted by Gasteiger charge is -2.36. The van der Waals surface area contributed by atoms with Gasteiger partial charge >= 0.3 is 0 Å². The van der Waals surface area contributed by atoms with E-state index in [2.05, 4.69) is 46.3 Å². The lowest BCUT2D eigenvalue weighted by Crippen LogP contribution is -2.50.